The first kappa shape index (κ1) is 15.2. The van der Waals surface area contributed by atoms with E-state index >= 15 is 0 Å². The fraction of sp³-hybridized carbons (Fsp3) is 0.100. The summed E-state index contributed by atoms with van der Waals surface area (Å²) in [6.45, 7) is 2.31. The predicted molar refractivity (Wildman–Crippen MR) is 95.3 cm³/mol. The molecular weight excluding hydrogens is 318 g/mol. The molecule has 0 N–H and O–H groups in total. The Balaban J connectivity index is 1.88. The van der Waals surface area contributed by atoms with E-state index < -0.39 is 11.5 Å². The van der Waals surface area contributed by atoms with Crippen molar-refractivity contribution in [3.05, 3.63) is 76.8 Å². The van der Waals surface area contributed by atoms with Gasteiger partial charge in [0.2, 0.25) is 0 Å². The molecule has 0 aliphatic rings. The zero-order chi connectivity index (χ0) is 17.4. The SMILES string of the molecule is CCOc1cccc2cc(C(=O)n3ccc4ccccc43)c(=O)oc12. The molecule has 4 rings (SSSR count). The van der Waals surface area contributed by atoms with Crippen molar-refractivity contribution < 1.29 is 13.9 Å². The van der Waals surface area contributed by atoms with Crippen molar-refractivity contribution in [3.8, 4) is 5.75 Å². The van der Waals surface area contributed by atoms with Crippen molar-refractivity contribution >= 4 is 27.8 Å². The Hall–Kier alpha value is -3.34. The molecule has 124 valence electrons. The molecule has 0 bridgehead atoms. The lowest BCUT2D eigenvalue weighted by molar-refractivity contribution is 0.0961. The molecule has 0 atom stereocenters. The number of ether oxygens (including phenoxy) is 1. The number of aromatic nitrogens is 1. The summed E-state index contributed by atoms with van der Waals surface area (Å²) in [7, 11) is 0. The molecule has 0 aliphatic heterocycles. The van der Waals surface area contributed by atoms with Gasteiger partial charge in [0.25, 0.3) is 5.91 Å². The van der Waals surface area contributed by atoms with Gasteiger partial charge in [0.1, 0.15) is 5.56 Å². The molecule has 2 aromatic carbocycles. The van der Waals surface area contributed by atoms with Crippen molar-refractivity contribution in [1.29, 1.82) is 0 Å². The van der Waals surface area contributed by atoms with Crippen LogP contribution in [0.2, 0.25) is 0 Å². The summed E-state index contributed by atoms with van der Waals surface area (Å²) in [5, 5.41) is 1.57. The number of para-hydroxylation sites is 2. The maximum atomic E-state index is 12.9. The van der Waals surface area contributed by atoms with Crippen LogP contribution >= 0.6 is 0 Å². The molecule has 0 unspecified atom stereocenters. The third-order valence-electron chi connectivity index (χ3n) is 4.07. The highest BCUT2D eigenvalue weighted by Crippen LogP contribution is 2.25. The first-order chi connectivity index (χ1) is 12.2. The Morgan fingerprint density at radius 3 is 2.72 bits per heavy atom. The van der Waals surface area contributed by atoms with Gasteiger partial charge in [-0.05, 0) is 31.2 Å². The molecule has 2 aromatic heterocycles. The summed E-state index contributed by atoms with van der Waals surface area (Å²) in [5.41, 5.74) is 0.406. The maximum absolute atomic E-state index is 12.9. The average Bonchev–Trinajstić information content (AvgIpc) is 3.05. The van der Waals surface area contributed by atoms with Crippen molar-refractivity contribution in [3.63, 3.8) is 0 Å². The zero-order valence-corrected chi connectivity index (χ0v) is 13.6. The Morgan fingerprint density at radius 2 is 1.88 bits per heavy atom. The van der Waals surface area contributed by atoms with Gasteiger partial charge in [-0.2, -0.15) is 0 Å². The predicted octanol–water partition coefficient (Wildman–Crippen LogP) is 3.83. The number of hydrogen-bond acceptors (Lipinski definition) is 4. The number of fused-ring (bicyclic) bond motifs is 2. The summed E-state index contributed by atoms with van der Waals surface area (Å²) in [6, 6.07) is 16.2. The summed E-state index contributed by atoms with van der Waals surface area (Å²) >= 11 is 0. The molecule has 0 amide bonds. The molecule has 0 fully saturated rings. The molecule has 5 nitrogen and oxygen atoms in total. The van der Waals surface area contributed by atoms with Crippen LogP contribution in [-0.4, -0.2) is 17.1 Å². The van der Waals surface area contributed by atoms with E-state index in [0.717, 1.165) is 10.9 Å². The standard InChI is InChI=1S/C20H15NO4/c1-2-24-17-9-5-7-14-12-15(20(23)25-18(14)17)19(22)21-11-10-13-6-3-4-8-16(13)21/h3-12H,2H2,1H3. The molecular formula is C20H15NO4. The molecule has 0 saturated carbocycles. The van der Waals surface area contributed by atoms with Gasteiger partial charge in [0.15, 0.2) is 11.3 Å². The molecule has 4 aromatic rings. The van der Waals surface area contributed by atoms with Gasteiger partial charge < -0.3 is 9.15 Å². The lowest BCUT2D eigenvalue weighted by Gasteiger charge is -2.08. The minimum atomic E-state index is -0.678. The van der Waals surface area contributed by atoms with Gasteiger partial charge in [-0.1, -0.05) is 30.3 Å². The van der Waals surface area contributed by atoms with Gasteiger partial charge in [-0.25, -0.2) is 4.79 Å². The Labute approximate surface area is 143 Å². The molecule has 2 heterocycles. The number of carbonyl (C=O) groups excluding carboxylic acids is 1. The van der Waals surface area contributed by atoms with Crippen LogP contribution in [0.3, 0.4) is 0 Å². The molecule has 0 spiro atoms. The average molecular weight is 333 g/mol. The minimum absolute atomic E-state index is 0.0116. The monoisotopic (exact) mass is 333 g/mol. The summed E-state index contributed by atoms with van der Waals surface area (Å²) in [6.07, 6.45) is 1.66. The van der Waals surface area contributed by atoms with Crippen LogP contribution in [0.1, 0.15) is 17.3 Å². The van der Waals surface area contributed by atoms with E-state index in [1.54, 1.807) is 30.5 Å². The van der Waals surface area contributed by atoms with E-state index in [2.05, 4.69) is 0 Å². The highest BCUT2D eigenvalue weighted by molar-refractivity contribution is 6.03. The van der Waals surface area contributed by atoms with Crippen LogP contribution in [0.25, 0.3) is 21.9 Å². The van der Waals surface area contributed by atoms with E-state index in [9.17, 15) is 9.59 Å². The number of hydrogen-bond donors (Lipinski definition) is 0. The second-order valence-electron chi connectivity index (χ2n) is 5.60. The van der Waals surface area contributed by atoms with Crippen LogP contribution in [0, 0.1) is 0 Å². The third kappa shape index (κ3) is 2.50. The summed E-state index contributed by atoms with van der Waals surface area (Å²) in [4.78, 5) is 25.3. The fourth-order valence-electron chi connectivity index (χ4n) is 2.93. The van der Waals surface area contributed by atoms with Gasteiger partial charge in [0.05, 0.1) is 12.1 Å². The van der Waals surface area contributed by atoms with E-state index in [-0.39, 0.29) is 5.56 Å². The quantitative estimate of drug-likeness (QED) is 0.535. The number of rotatable bonds is 3. The molecule has 0 radical (unpaired) electrons. The topological polar surface area (TPSA) is 61.4 Å². The van der Waals surface area contributed by atoms with E-state index in [4.69, 9.17) is 9.15 Å². The van der Waals surface area contributed by atoms with Crippen molar-refractivity contribution in [2.24, 2.45) is 0 Å². The summed E-state index contributed by atoms with van der Waals surface area (Å²) in [5.74, 6) is 0.0705. The van der Waals surface area contributed by atoms with Crippen molar-refractivity contribution in [2.75, 3.05) is 6.61 Å². The Bertz CT molecular complexity index is 1150. The highest BCUT2D eigenvalue weighted by Gasteiger charge is 2.18. The second-order valence-corrected chi connectivity index (χ2v) is 5.60. The van der Waals surface area contributed by atoms with Crippen LogP contribution in [0.4, 0.5) is 0 Å². The minimum Gasteiger partial charge on any atom is -0.490 e. The third-order valence-corrected chi connectivity index (χ3v) is 4.07. The molecule has 0 saturated heterocycles. The molecule has 25 heavy (non-hydrogen) atoms. The summed E-state index contributed by atoms with van der Waals surface area (Å²) < 4.78 is 12.3. The van der Waals surface area contributed by atoms with Gasteiger partial charge in [0, 0.05) is 17.0 Å². The first-order valence-corrected chi connectivity index (χ1v) is 7.99. The lowest BCUT2D eigenvalue weighted by Crippen LogP contribution is -2.20. The Kier molecular flexibility index (Phi) is 3.61. The van der Waals surface area contributed by atoms with Crippen LogP contribution in [0.15, 0.2) is 70.0 Å². The van der Waals surface area contributed by atoms with Gasteiger partial charge in [-0.3, -0.25) is 9.36 Å². The smallest absolute Gasteiger partial charge is 0.349 e. The number of nitrogens with zero attached hydrogens (tertiary/aromatic N) is 1. The van der Waals surface area contributed by atoms with E-state index in [0.29, 0.717) is 23.3 Å². The molecule has 0 aliphatic carbocycles. The van der Waals surface area contributed by atoms with Crippen LogP contribution in [-0.2, 0) is 0 Å². The number of carbonyl (C=O) groups is 1. The second kappa shape index (κ2) is 5.94. The first-order valence-electron chi connectivity index (χ1n) is 7.99. The largest absolute Gasteiger partial charge is 0.490 e. The van der Waals surface area contributed by atoms with E-state index in [1.165, 1.54) is 4.57 Å². The lowest BCUT2D eigenvalue weighted by atomic mass is 10.1. The highest BCUT2D eigenvalue weighted by atomic mass is 16.5. The molecule has 5 heteroatoms. The van der Waals surface area contributed by atoms with E-state index in [1.807, 2.05) is 37.3 Å². The van der Waals surface area contributed by atoms with Crippen molar-refractivity contribution in [1.82, 2.24) is 4.57 Å². The van der Waals surface area contributed by atoms with Crippen LogP contribution < -0.4 is 10.4 Å². The number of benzene rings is 2. The zero-order valence-electron chi connectivity index (χ0n) is 13.6. The van der Waals surface area contributed by atoms with Gasteiger partial charge >= 0.3 is 5.63 Å². The maximum Gasteiger partial charge on any atom is 0.349 e. The fourth-order valence-corrected chi connectivity index (χ4v) is 2.93. The van der Waals surface area contributed by atoms with Crippen molar-refractivity contribution in [2.45, 2.75) is 6.92 Å². The van der Waals surface area contributed by atoms with Crippen LogP contribution in [0.5, 0.6) is 5.75 Å². The Morgan fingerprint density at radius 1 is 1.08 bits per heavy atom. The normalized spacial score (nSPS) is 11.1. The van der Waals surface area contributed by atoms with Gasteiger partial charge in [-0.15, -0.1) is 0 Å².